The zero-order valence-electron chi connectivity index (χ0n) is 13.2. The molecule has 22 heavy (non-hydrogen) atoms. The number of nitrogens with one attached hydrogen (secondary N) is 1. The van der Waals surface area contributed by atoms with Crippen molar-refractivity contribution in [2.75, 3.05) is 12.9 Å². The molecule has 5 heteroatoms. The molecule has 0 aromatic heterocycles. The van der Waals surface area contributed by atoms with Crippen LogP contribution in [0.1, 0.15) is 38.2 Å². The van der Waals surface area contributed by atoms with E-state index in [2.05, 4.69) is 17.5 Å². The van der Waals surface area contributed by atoms with Crippen LogP contribution in [0.2, 0.25) is 0 Å². The lowest BCUT2D eigenvalue weighted by Crippen LogP contribution is -2.29. The topological polar surface area (TPSA) is 46.0 Å². The minimum atomic E-state index is 0.460. The Morgan fingerprint density at radius 1 is 1.23 bits per heavy atom. The first kappa shape index (κ1) is 15.4. The van der Waals surface area contributed by atoms with Crippen LogP contribution in [-0.4, -0.2) is 29.8 Å². The van der Waals surface area contributed by atoms with Crippen molar-refractivity contribution in [3.8, 4) is 5.75 Å². The van der Waals surface area contributed by atoms with Crippen LogP contribution < -0.4 is 10.2 Å². The van der Waals surface area contributed by atoms with Crippen molar-refractivity contribution < 1.29 is 4.74 Å². The van der Waals surface area contributed by atoms with E-state index in [1.165, 1.54) is 25.7 Å². The van der Waals surface area contributed by atoms with E-state index in [1.54, 1.807) is 18.9 Å². The fraction of sp³-hybridized carbons (Fsp3) is 0.529. The Bertz CT molecular complexity index is 568. The van der Waals surface area contributed by atoms with Gasteiger partial charge in [0.25, 0.3) is 0 Å². The summed E-state index contributed by atoms with van der Waals surface area (Å²) >= 11 is 1.75. The summed E-state index contributed by atoms with van der Waals surface area (Å²) in [5, 5.41) is 5.47. The number of hydrazone groups is 1. The van der Waals surface area contributed by atoms with Gasteiger partial charge in [-0.05, 0) is 48.6 Å². The summed E-state index contributed by atoms with van der Waals surface area (Å²) in [5.41, 5.74) is 5.32. The molecule has 2 atom stereocenters. The van der Waals surface area contributed by atoms with Crippen molar-refractivity contribution in [3.05, 3.63) is 29.8 Å². The van der Waals surface area contributed by atoms with E-state index in [9.17, 15) is 0 Å². The summed E-state index contributed by atoms with van der Waals surface area (Å²) in [6, 6.07) is 8.49. The minimum absolute atomic E-state index is 0.460. The number of ether oxygens (including phenoxy) is 1. The van der Waals surface area contributed by atoms with Crippen LogP contribution in [0, 0.1) is 5.92 Å². The number of hydrogen-bond acceptors (Lipinski definition) is 4. The molecule has 0 radical (unpaired) electrons. The largest absolute Gasteiger partial charge is 0.497 e. The number of thioether (sulfide) groups is 1. The first-order valence-corrected chi connectivity index (χ1v) is 8.92. The van der Waals surface area contributed by atoms with Gasteiger partial charge in [-0.15, -0.1) is 0 Å². The number of benzene rings is 1. The van der Waals surface area contributed by atoms with Gasteiger partial charge in [-0.1, -0.05) is 31.5 Å². The average Bonchev–Trinajstić information content (AvgIpc) is 2.58. The van der Waals surface area contributed by atoms with Gasteiger partial charge in [0.2, 0.25) is 0 Å². The van der Waals surface area contributed by atoms with Gasteiger partial charge in [0, 0.05) is 5.75 Å². The summed E-state index contributed by atoms with van der Waals surface area (Å²) in [6.45, 7) is 2.31. The fourth-order valence-corrected chi connectivity index (χ4v) is 3.78. The molecule has 1 aromatic rings. The van der Waals surface area contributed by atoms with Crippen LogP contribution in [0.5, 0.6) is 5.75 Å². The highest BCUT2D eigenvalue weighted by Crippen LogP contribution is 2.27. The molecule has 4 nitrogen and oxygen atoms in total. The summed E-state index contributed by atoms with van der Waals surface area (Å²) in [4.78, 5) is 4.87. The molecule has 1 N–H and O–H groups in total. The number of nitrogens with zero attached hydrogens (tertiary/aromatic N) is 2. The van der Waals surface area contributed by atoms with Crippen LogP contribution in [0.15, 0.2) is 34.4 Å². The van der Waals surface area contributed by atoms with Gasteiger partial charge in [-0.25, -0.2) is 0 Å². The standard InChI is InChI=1S/C17H23N3OS/c1-12-5-3-4-6-15(12)18-17-20-19-16(11-22-17)13-7-9-14(21-2)10-8-13/h7-10,12,15H,3-6,11H2,1-2H3,(H,18,20). The highest BCUT2D eigenvalue weighted by Gasteiger charge is 2.22. The van der Waals surface area contributed by atoms with Gasteiger partial charge in [-0.3, -0.25) is 10.4 Å². The van der Waals surface area contributed by atoms with Crippen molar-refractivity contribution in [3.63, 3.8) is 0 Å². The minimum Gasteiger partial charge on any atom is -0.497 e. The summed E-state index contributed by atoms with van der Waals surface area (Å²) in [5.74, 6) is 2.42. The third-order valence-electron chi connectivity index (χ3n) is 4.40. The number of aliphatic imine (C=N–C) groups is 1. The molecule has 1 fully saturated rings. The highest BCUT2D eigenvalue weighted by molar-refractivity contribution is 8.14. The SMILES string of the molecule is COc1ccc(C2=NNC(=NC3CCCCC3C)SC2)cc1. The van der Waals surface area contributed by atoms with E-state index in [0.717, 1.165) is 27.9 Å². The third-order valence-corrected chi connectivity index (χ3v) is 5.29. The molecule has 1 aliphatic carbocycles. The molecule has 0 saturated heterocycles. The lowest BCUT2D eigenvalue weighted by atomic mass is 9.86. The second kappa shape index (κ2) is 7.18. The molecule has 1 aliphatic heterocycles. The fourth-order valence-electron chi connectivity index (χ4n) is 2.95. The monoisotopic (exact) mass is 317 g/mol. The maximum absolute atomic E-state index is 5.19. The van der Waals surface area contributed by atoms with Crippen molar-refractivity contribution in [1.29, 1.82) is 0 Å². The molecule has 2 unspecified atom stereocenters. The van der Waals surface area contributed by atoms with Crippen molar-refractivity contribution in [2.45, 2.75) is 38.6 Å². The van der Waals surface area contributed by atoms with E-state index < -0.39 is 0 Å². The zero-order chi connectivity index (χ0) is 15.4. The Balaban J connectivity index is 1.65. The molecule has 2 aliphatic rings. The quantitative estimate of drug-likeness (QED) is 0.925. The van der Waals surface area contributed by atoms with Gasteiger partial charge in [0.15, 0.2) is 5.17 Å². The summed E-state index contributed by atoms with van der Waals surface area (Å²) < 4.78 is 5.19. The maximum atomic E-state index is 5.19. The highest BCUT2D eigenvalue weighted by atomic mass is 32.2. The maximum Gasteiger partial charge on any atom is 0.177 e. The van der Waals surface area contributed by atoms with Crippen molar-refractivity contribution >= 4 is 22.6 Å². The molecule has 0 bridgehead atoms. The van der Waals surface area contributed by atoms with Crippen LogP contribution in [0.4, 0.5) is 0 Å². The Morgan fingerprint density at radius 2 is 2.00 bits per heavy atom. The van der Waals surface area contributed by atoms with E-state index in [0.29, 0.717) is 12.0 Å². The van der Waals surface area contributed by atoms with Crippen molar-refractivity contribution in [2.24, 2.45) is 16.0 Å². The molecule has 0 amide bonds. The predicted octanol–water partition coefficient (Wildman–Crippen LogP) is 3.67. The first-order chi connectivity index (χ1) is 10.8. The van der Waals surface area contributed by atoms with E-state index in [-0.39, 0.29) is 0 Å². The molecule has 1 heterocycles. The average molecular weight is 317 g/mol. The molecule has 3 rings (SSSR count). The summed E-state index contributed by atoms with van der Waals surface area (Å²) in [7, 11) is 1.68. The second-order valence-corrected chi connectivity index (χ2v) is 6.91. The van der Waals surface area contributed by atoms with Gasteiger partial charge < -0.3 is 4.74 Å². The predicted molar refractivity (Wildman–Crippen MR) is 94.0 cm³/mol. The van der Waals surface area contributed by atoms with Crippen LogP contribution >= 0.6 is 11.8 Å². The van der Waals surface area contributed by atoms with Gasteiger partial charge >= 0.3 is 0 Å². The van der Waals surface area contributed by atoms with Gasteiger partial charge in [0.1, 0.15) is 5.75 Å². The van der Waals surface area contributed by atoms with E-state index >= 15 is 0 Å². The zero-order valence-corrected chi connectivity index (χ0v) is 14.0. The number of rotatable bonds is 3. The smallest absolute Gasteiger partial charge is 0.177 e. The number of hydrogen-bond donors (Lipinski definition) is 1. The van der Waals surface area contributed by atoms with E-state index in [1.807, 2.05) is 24.3 Å². The van der Waals surface area contributed by atoms with Crippen LogP contribution in [0.25, 0.3) is 0 Å². The Kier molecular flexibility index (Phi) is 5.03. The van der Waals surface area contributed by atoms with Gasteiger partial charge in [0.05, 0.1) is 18.9 Å². The normalized spacial score (nSPS) is 27.2. The third kappa shape index (κ3) is 3.64. The second-order valence-electron chi connectivity index (χ2n) is 5.95. The summed E-state index contributed by atoms with van der Waals surface area (Å²) in [6.07, 6.45) is 5.16. The number of methoxy groups -OCH3 is 1. The lowest BCUT2D eigenvalue weighted by molar-refractivity contribution is 0.333. The molecule has 1 aromatic carbocycles. The molecular formula is C17H23N3OS. The van der Waals surface area contributed by atoms with Gasteiger partial charge in [-0.2, -0.15) is 5.10 Å². The Labute approximate surface area is 136 Å². The van der Waals surface area contributed by atoms with Crippen molar-refractivity contribution in [1.82, 2.24) is 5.43 Å². The number of amidine groups is 1. The first-order valence-electron chi connectivity index (χ1n) is 7.94. The lowest BCUT2D eigenvalue weighted by Gasteiger charge is -2.26. The molecule has 0 spiro atoms. The Morgan fingerprint density at radius 3 is 2.64 bits per heavy atom. The van der Waals surface area contributed by atoms with Crippen LogP contribution in [0.3, 0.4) is 0 Å². The Hall–Kier alpha value is -1.49. The molecule has 118 valence electrons. The van der Waals surface area contributed by atoms with E-state index in [4.69, 9.17) is 9.73 Å². The van der Waals surface area contributed by atoms with Crippen LogP contribution in [-0.2, 0) is 0 Å². The molecular weight excluding hydrogens is 294 g/mol. The molecule has 1 saturated carbocycles.